The molecule has 55 heavy (non-hydrogen) atoms. The third kappa shape index (κ3) is 8.36. The molecule has 1 aromatic carbocycles. The van der Waals surface area contributed by atoms with Crippen molar-refractivity contribution in [1.29, 1.82) is 0 Å². The van der Waals surface area contributed by atoms with Crippen LogP contribution in [0.3, 0.4) is 0 Å². The Balaban J connectivity index is 0.880. The highest BCUT2D eigenvalue weighted by Crippen LogP contribution is 2.33. The first-order chi connectivity index (χ1) is 26.5. The molecule has 2 aliphatic heterocycles. The maximum absolute atomic E-state index is 13.5. The highest BCUT2D eigenvalue weighted by Gasteiger charge is 2.30. The van der Waals surface area contributed by atoms with Gasteiger partial charge in [-0.15, -0.1) is 0 Å². The van der Waals surface area contributed by atoms with Crippen LogP contribution in [0.2, 0.25) is 0 Å². The molecule has 15 nitrogen and oxygen atoms in total. The van der Waals surface area contributed by atoms with Crippen LogP contribution in [0.4, 0.5) is 17.5 Å². The number of benzene rings is 1. The second kappa shape index (κ2) is 16.3. The first-order valence-electron chi connectivity index (χ1n) is 19.0. The number of rotatable bonds is 12. The summed E-state index contributed by atoms with van der Waals surface area (Å²) < 4.78 is 7.45. The third-order valence-corrected chi connectivity index (χ3v) is 11.0. The normalized spacial score (nSPS) is 18.0. The van der Waals surface area contributed by atoms with Crippen molar-refractivity contribution < 1.29 is 23.9 Å². The fraction of sp³-hybridized carbons (Fsp3) is 0.450. The van der Waals surface area contributed by atoms with Gasteiger partial charge >= 0.3 is 0 Å². The standard InChI is InChI=1S/C40H47N9O6/c1-24-8-10-29(20-31(24)30-11-13-34(51)45-38(30)53)55-23-35(52)41-14-15-47-16-18-48(19-17-47)28-9-12-33(42-21-28)44-40-43-22-32-25(2)36(26(3)50)39(54)49(37(32)46-40)27-6-4-5-7-27/h8-10,12,20-22,27,30H,4-7,11,13-19,23H2,1-3H3,(H,41,52)(H,45,51,53)(H,42,43,44,46). The van der Waals surface area contributed by atoms with E-state index >= 15 is 0 Å². The topological polar surface area (TPSA) is 181 Å². The van der Waals surface area contributed by atoms with Gasteiger partial charge in [-0.05, 0) is 81.0 Å². The van der Waals surface area contributed by atoms with Gasteiger partial charge in [-0.1, -0.05) is 18.9 Å². The number of nitrogens with zero attached hydrogens (tertiary/aromatic N) is 6. The highest BCUT2D eigenvalue weighted by atomic mass is 16.5. The van der Waals surface area contributed by atoms with Crippen molar-refractivity contribution in [3.8, 4) is 5.75 Å². The van der Waals surface area contributed by atoms with E-state index < -0.39 is 5.92 Å². The van der Waals surface area contributed by atoms with Gasteiger partial charge in [0, 0.05) is 63.3 Å². The van der Waals surface area contributed by atoms with Crippen molar-refractivity contribution in [2.75, 3.05) is 56.1 Å². The Morgan fingerprint density at radius 1 is 0.964 bits per heavy atom. The lowest BCUT2D eigenvalue weighted by atomic mass is 9.88. The van der Waals surface area contributed by atoms with Gasteiger partial charge in [-0.3, -0.25) is 38.8 Å². The number of aromatic nitrogens is 4. The molecule has 1 unspecified atom stereocenters. The minimum absolute atomic E-state index is 0.00223. The minimum atomic E-state index is -0.417. The molecule has 1 atom stereocenters. The summed E-state index contributed by atoms with van der Waals surface area (Å²) in [5.74, 6) is -0.0474. The van der Waals surface area contributed by atoms with E-state index in [1.54, 1.807) is 29.8 Å². The summed E-state index contributed by atoms with van der Waals surface area (Å²) >= 11 is 0. The second-order valence-electron chi connectivity index (χ2n) is 14.6. The van der Waals surface area contributed by atoms with Crippen molar-refractivity contribution >= 4 is 52.0 Å². The molecule has 3 aliphatic rings. The molecule has 1 saturated carbocycles. The molecular weight excluding hydrogens is 702 g/mol. The molecule has 2 saturated heterocycles. The van der Waals surface area contributed by atoms with E-state index in [0.29, 0.717) is 60.0 Å². The number of aryl methyl sites for hydroxylation is 2. The quantitative estimate of drug-likeness (QED) is 0.141. The van der Waals surface area contributed by atoms with Gasteiger partial charge in [0.1, 0.15) is 17.2 Å². The van der Waals surface area contributed by atoms with E-state index in [1.807, 2.05) is 31.3 Å². The molecule has 4 aromatic rings. The number of nitrogens with one attached hydrogen (secondary N) is 3. The Bertz CT molecular complexity index is 2170. The summed E-state index contributed by atoms with van der Waals surface area (Å²) in [7, 11) is 0. The monoisotopic (exact) mass is 749 g/mol. The number of anilines is 3. The van der Waals surface area contributed by atoms with Crippen LogP contribution < -0.4 is 31.1 Å². The Kier molecular flexibility index (Phi) is 11.2. The molecule has 5 heterocycles. The zero-order chi connectivity index (χ0) is 38.6. The molecule has 7 rings (SSSR count). The van der Waals surface area contributed by atoms with E-state index in [0.717, 1.165) is 68.7 Å². The van der Waals surface area contributed by atoms with Crippen LogP contribution >= 0.6 is 0 Å². The van der Waals surface area contributed by atoms with E-state index in [1.165, 1.54) is 6.92 Å². The first kappa shape index (κ1) is 37.6. The van der Waals surface area contributed by atoms with Gasteiger partial charge in [0.2, 0.25) is 17.8 Å². The van der Waals surface area contributed by atoms with Gasteiger partial charge in [-0.25, -0.2) is 9.97 Å². The van der Waals surface area contributed by atoms with E-state index in [-0.39, 0.29) is 47.3 Å². The Hall–Kier alpha value is -5.70. The molecule has 3 aromatic heterocycles. The molecule has 1 aliphatic carbocycles. The molecule has 3 N–H and O–H groups in total. The summed E-state index contributed by atoms with van der Waals surface area (Å²) in [5.41, 5.74) is 3.79. The Morgan fingerprint density at radius 2 is 1.75 bits per heavy atom. The molecular formula is C40H47N9O6. The molecule has 15 heteroatoms. The maximum atomic E-state index is 13.5. The van der Waals surface area contributed by atoms with Crippen molar-refractivity contribution in [2.24, 2.45) is 0 Å². The van der Waals surface area contributed by atoms with Crippen molar-refractivity contribution in [2.45, 2.75) is 71.3 Å². The lowest BCUT2D eigenvalue weighted by Gasteiger charge is -2.36. The molecule has 3 amide bonds. The highest BCUT2D eigenvalue weighted by molar-refractivity contribution is 6.01. The predicted molar refractivity (Wildman–Crippen MR) is 207 cm³/mol. The zero-order valence-corrected chi connectivity index (χ0v) is 31.5. The largest absolute Gasteiger partial charge is 0.484 e. The number of piperazine rings is 1. The van der Waals surface area contributed by atoms with Crippen molar-refractivity contribution in [3.05, 3.63) is 75.3 Å². The number of fused-ring (bicyclic) bond motifs is 1. The molecule has 0 bridgehead atoms. The molecule has 288 valence electrons. The number of hydrogen-bond donors (Lipinski definition) is 3. The van der Waals surface area contributed by atoms with E-state index in [2.05, 4.69) is 35.7 Å². The number of piperidine rings is 1. The summed E-state index contributed by atoms with van der Waals surface area (Å²) in [4.78, 5) is 80.9. The molecule has 0 spiro atoms. The Morgan fingerprint density at radius 3 is 2.45 bits per heavy atom. The number of ether oxygens (including phenoxy) is 1. The summed E-state index contributed by atoms with van der Waals surface area (Å²) in [5, 5.41) is 9.22. The van der Waals surface area contributed by atoms with Crippen LogP contribution in [0, 0.1) is 13.8 Å². The average Bonchev–Trinajstić information content (AvgIpc) is 3.70. The number of imide groups is 1. The van der Waals surface area contributed by atoms with Gasteiger partial charge in [0.05, 0.1) is 23.4 Å². The van der Waals surface area contributed by atoms with E-state index in [4.69, 9.17) is 9.72 Å². The first-order valence-corrected chi connectivity index (χ1v) is 19.0. The fourth-order valence-corrected chi connectivity index (χ4v) is 7.93. The van der Waals surface area contributed by atoms with Crippen LogP contribution in [0.5, 0.6) is 5.75 Å². The number of ketones is 1. The number of amides is 3. The van der Waals surface area contributed by atoms with Crippen LogP contribution in [0.1, 0.15) is 84.5 Å². The maximum Gasteiger partial charge on any atom is 0.263 e. The van der Waals surface area contributed by atoms with Gasteiger partial charge < -0.3 is 20.3 Å². The summed E-state index contributed by atoms with van der Waals surface area (Å²) in [6.07, 6.45) is 8.06. The number of hydrogen-bond acceptors (Lipinski definition) is 12. The number of pyridine rings is 2. The number of carbonyl (C=O) groups is 4. The third-order valence-electron chi connectivity index (χ3n) is 11.0. The van der Waals surface area contributed by atoms with Gasteiger partial charge in [0.25, 0.3) is 11.5 Å². The smallest absolute Gasteiger partial charge is 0.263 e. The van der Waals surface area contributed by atoms with Crippen LogP contribution in [0.25, 0.3) is 11.0 Å². The predicted octanol–water partition coefficient (Wildman–Crippen LogP) is 3.70. The van der Waals surface area contributed by atoms with Gasteiger partial charge in [-0.2, -0.15) is 4.98 Å². The molecule has 3 fully saturated rings. The van der Waals surface area contributed by atoms with E-state index in [9.17, 15) is 24.0 Å². The van der Waals surface area contributed by atoms with Crippen LogP contribution in [-0.4, -0.2) is 93.8 Å². The van der Waals surface area contributed by atoms with Crippen molar-refractivity contribution in [1.82, 2.24) is 35.1 Å². The number of carbonyl (C=O) groups excluding carboxylic acids is 4. The van der Waals surface area contributed by atoms with Gasteiger partial charge in [0.15, 0.2) is 12.4 Å². The summed E-state index contributed by atoms with van der Waals surface area (Å²) in [6, 6.07) is 9.31. The van der Waals surface area contributed by atoms with Crippen molar-refractivity contribution in [3.63, 3.8) is 0 Å². The summed E-state index contributed by atoms with van der Waals surface area (Å²) in [6.45, 7) is 9.46. The fourth-order valence-electron chi connectivity index (χ4n) is 7.93. The average molecular weight is 750 g/mol. The zero-order valence-electron chi connectivity index (χ0n) is 31.5. The lowest BCUT2D eigenvalue weighted by molar-refractivity contribution is -0.134. The SMILES string of the molecule is CC(=O)c1c(C)c2cnc(Nc3ccc(N4CCN(CCNC(=O)COc5ccc(C)c(C6CCC(=O)NC6=O)c5)CC4)cn3)nc2n(C2CCCC2)c1=O. The molecule has 0 radical (unpaired) electrons. The number of Topliss-reactive ketones (excluding diaryl/α,β-unsaturated/α-hetero) is 1. The minimum Gasteiger partial charge on any atom is -0.484 e. The van der Waals surface area contributed by atoms with Crippen LogP contribution in [-0.2, 0) is 14.4 Å². The lowest BCUT2D eigenvalue weighted by Crippen LogP contribution is -2.48. The second-order valence-corrected chi connectivity index (χ2v) is 14.6. The van der Waals surface area contributed by atoms with Crippen LogP contribution in [0.15, 0.2) is 47.5 Å². The Labute approximate surface area is 318 Å².